The maximum Gasteiger partial charge on any atom is 0.258 e. The van der Waals surface area contributed by atoms with Crippen molar-refractivity contribution < 1.29 is 18.4 Å². The Kier molecular flexibility index (Phi) is 6.97. The Morgan fingerprint density at radius 1 is 1.10 bits per heavy atom. The van der Waals surface area contributed by atoms with Crippen molar-refractivity contribution in [1.29, 1.82) is 0 Å². The third kappa shape index (κ3) is 5.61. The summed E-state index contributed by atoms with van der Waals surface area (Å²) in [5.74, 6) is -2.39. The number of nitrogens with zero attached hydrogens (tertiary/aromatic N) is 1. The fraction of sp³-hybridized carbons (Fsp3) is 0.333. The van der Waals surface area contributed by atoms with E-state index < -0.39 is 17.5 Å². The SMILES string of the molecule is C[C@H]1CCCCN1CC(=O)Nc1ccc(F)c(NC(=O)c2ccc(Br)cc2F)c1. The molecule has 0 radical (unpaired) electrons. The molecule has 1 saturated heterocycles. The molecular formula is C21H22BrF2N3O2. The van der Waals surface area contributed by atoms with E-state index in [9.17, 15) is 18.4 Å². The van der Waals surface area contributed by atoms with Crippen molar-refractivity contribution in [2.45, 2.75) is 32.2 Å². The second kappa shape index (κ2) is 9.45. The number of halogens is 3. The first-order valence-electron chi connectivity index (χ1n) is 9.43. The Morgan fingerprint density at radius 2 is 1.90 bits per heavy atom. The molecule has 0 spiro atoms. The largest absolute Gasteiger partial charge is 0.325 e. The molecule has 1 fully saturated rings. The van der Waals surface area contributed by atoms with E-state index in [1.807, 2.05) is 0 Å². The molecule has 2 aromatic carbocycles. The van der Waals surface area contributed by atoms with Crippen LogP contribution in [0.3, 0.4) is 0 Å². The summed E-state index contributed by atoms with van der Waals surface area (Å²) in [4.78, 5) is 26.8. The number of hydrogen-bond donors (Lipinski definition) is 2. The van der Waals surface area contributed by atoms with Crippen LogP contribution in [-0.4, -0.2) is 35.8 Å². The summed E-state index contributed by atoms with van der Waals surface area (Å²) >= 11 is 3.12. The van der Waals surface area contributed by atoms with E-state index >= 15 is 0 Å². The van der Waals surface area contributed by atoms with Crippen molar-refractivity contribution in [3.63, 3.8) is 0 Å². The number of carbonyl (C=O) groups is 2. The summed E-state index contributed by atoms with van der Waals surface area (Å²) in [6.07, 6.45) is 3.29. The maximum absolute atomic E-state index is 14.1. The van der Waals surface area contributed by atoms with Gasteiger partial charge in [0.1, 0.15) is 11.6 Å². The third-order valence-electron chi connectivity index (χ3n) is 4.96. The van der Waals surface area contributed by atoms with E-state index in [2.05, 4.69) is 38.4 Å². The average molecular weight is 466 g/mol. The lowest BCUT2D eigenvalue weighted by Crippen LogP contribution is -2.42. The molecule has 2 N–H and O–H groups in total. The molecule has 3 rings (SSSR count). The number of likely N-dealkylation sites (tertiary alicyclic amines) is 1. The molecular weight excluding hydrogens is 444 g/mol. The van der Waals surface area contributed by atoms with E-state index in [4.69, 9.17) is 0 Å². The molecule has 2 amide bonds. The second-order valence-corrected chi connectivity index (χ2v) is 8.05. The number of amides is 2. The number of hydrogen-bond acceptors (Lipinski definition) is 3. The van der Waals surface area contributed by atoms with Crippen LogP contribution in [0.15, 0.2) is 40.9 Å². The minimum Gasteiger partial charge on any atom is -0.325 e. The molecule has 154 valence electrons. The molecule has 8 heteroatoms. The van der Waals surface area contributed by atoms with E-state index in [1.165, 1.54) is 30.7 Å². The Morgan fingerprint density at radius 3 is 2.62 bits per heavy atom. The van der Waals surface area contributed by atoms with Gasteiger partial charge in [0.2, 0.25) is 5.91 Å². The normalized spacial score (nSPS) is 17.0. The summed E-state index contributed by atoms with van der Waals surface area (Å²) < 4.78 is 28.6. The Bertz CT molecular complexity index is 923. The molecule has 0 aliphatic carbocycles. The van der Waals surface area contributed by atoms with Crippen LogP contribution in [0.1, 0.15) is 36.5 Å². The topological polar surface area (TPSA) is 61.4 Å². The van der Waals surface area contributed by atoms with Gasteiger partial charge in [-0.1, -0.05) is 22.4 Å². The van der Waals surface area contributed by atoms with Gasteiger partial charge in [-0.25, -0.2) is 8.78 Å². The van der Waals surface area contributed by atoms with Crippen molar-refractivity contribution in [2.24, 2.45) is 0 Å². The number of nitrogens with one attached hydrogen (secondary N) is 2. The Balaban J connectivity index is 1.67. The van der Waals surface area contributed by atoms with Gasteiger partial charge in [-0.2, -0.15) is 0 Å². The minimum atomic E-state index is -0.778. The lowest BCUT2D eigenvalue weighted by molar-refractivity contribution is -0.118. The van der Waals surface area contributed by atoms with Gasteiger partial charge < -0.3 is 10.6 Å². The predicted molar refractivity (Wildman–Crippen MR) is 112 cm³/mol. The van der Waals surface area contributed by atoms with Crippen LogP contribution in [0.4, 0.5) is 20.2 Å². The van der Waals surface area contributed by atoms with Crippen LogP contribution in [0.2, 0.25) is 0 Å². The van der Waals surface area contributed by atoms with Gasteiger partial charge >= 0.3 is 0 Å². The number of piperidine rings is 1. The number of rotatable bonds is 5. The van der Waals surface area contributed by atoms with Crippen LogP contribution in [0.5, 0.6) is 0 Å². The fourth-order valence-corrected chi connectivity index (χ4v) is 3.67. The van der Waals surface area contributed by atoms with Gasteiger partial charge in [0.15, 0.2) is 0 Å². The lowest BCUT2D eigenvalue weighted by Gasteiger charge is -2.32. The van der Waals surface area contributed by atoms with Crippen LogP contribution >= 0.6 is 15.9 Å². The van der Waals surface area contributed by atoms with Crippen LogP contribution in [0.25, 0.3) is 0 Å². The van der Waals surface area contributed by atoms with E-state index in [-0.39, 0.29) is 23.7 Å². The zero-order chi connectivity index (χ0) is 21.0. The zero-order valence-electron chi connectivity index (χ0n) is 16.0. The van der Waals surface area contributed by atoms with Crippen LogP contribution < -0.4 is 10.6 Å². The van der Waals surface area contributed by atoms with Gasteiger partial charge in [-0.3, -0.25) is 14.5 Å². The summed E-state index contributed by atoms with van der Waals surface area (Å²) in [6, 6.07) is 8.21. The molecule has 1 aliphatic rings. The van der Waals surface area contributed by atoms with E-state index in [0.29, 0.717) is 16.2 Å². The first-order chi connectivity index (χ1) is 13.8. The predicted octanol–water partition coefficient (Wildman–Crippen LogP) is 4.79. The summed E-state index contributed by atoms with van der Waals surface area (Å²) in [7, 11) is 0. The van der Waals surface area contributed by atoms with Gasteiger partial charge in [-0.05, 0) is 62.7 Å². The molecule has 0 unspecified atom stereocenters. The smallest absolute Gasteiger partial charge is 0.258 e. The zero-order valence-corrected chi connectivity index (χ0v) is 17.6. The molecule has 1 heterocycles. The molecule has 5 nitrogen and oxygen atoms in total. The highest BCUT2D eigenvalue weighted by molar-refractivity contribution is 9.10. The van der Waals surface area contributed by atoms with Crippen molar-refractivity contribution in [3.8, 4) is 0 Å². The molecule has 1 atom stereocenters. The molecule has 0 aromatic heterocycles. The van der Waals surface area contributed by atoms with Gasteiger partial charge in [0.25, 0.3) is 5.91 Å². The van der Waals surface area contributed by atoms with Gasteiger partial charge in [-0.15, -0.1) is 0 Å². The molecule has 0 bridgehead atoms. The van der Waals surface area contributed by atoms with E-state index in [1.54, 1.807) is 0 Å². The molecule has 0 saturated carbocycles. The standard InChI is InChI=1S/C21H22BrF2N3O2/c1-13-4-2-3-9-27(13)12-20(28)25-15-6-8-17(23)19(11-15)26-21(29)16-7-5-14(22)10-18(16)24/h5-8,10-11,13H,2-4,9,12H2,1H3,(H,25,28)(H,26,29)/t13-/m0/s1. The summed E-state index contributed by atoms with van der Waals surface area (Å²) in [5.41, 5.74) is 0.00947. The van der Waals surface area contributed by atoms with Gasteiger partial charge in [0.05, 0.1) is 17.8 Å². The van der Waals surface area contributed by atoms with Crippen molar-refractivity contribution >= 4 is 39.1 Å². The van der Waals surface area contributed by atoms with Crippen molar-refractivity contribution in [1.82, 2.24) is 4.90 Å². The second-order valence-electron chi connectivity index (χ2n) is 7.14. The minimum absolute atomic E-state index is 0.138. The summed E-state index contributed by atoms with van der Waals surface area (Å²) in [5, 5.41) is 5.09. The first-order valence-corrected chi connectivity index (χ1v) is 10.2. The maximum atomic E-state index is 14.1. The molecule has 2 aromatic rings. The van der Waals surface area contributed by atoms with E-state index in [0.717, 1.165) is 31.5 Å². The Labute approximate surface area is 176 Å². The Hall–Kier alpha value is -2.32. The highest BCUT2D eigenvalue weighted by Gasteiger charge is 2.21. The number of benzene rings is 2. The molecule has 29 heavy (non-hydrogen) atoms. The quantitative estimate of drug-likeness (QED) is 0.666. The van der Waals surface area contributed by atoms with Crippen molar-refractivity contribution in [3.05, 3.63) is 58.1 Å². The summed E-state index contributed by atoms with van der Waals surface area (Å²) in [6.45, 7) is 3.22. The first kappa shape index (κ1) is 21.4. The van der Waals surface area contributed by atoms with Crippen LogP contribution in [-0.2, 0) is 4.79 Å². The van der Waals surface area contributed by atoms with Crippen LogP contribution in [0, 0.1) is 11.6 Å². The van der Waals surface area contributed by atoms with Gasteiger partial charge in [0, 0.05) is 16.2 Å². The fourth-order valence-electron chi connectivity index (χ4n) is 3.34. The van der Waals surface area contributed by atoms with Crippen molar-refractivity contribution in [2.75, 3.05) is 23.7 Å². The highest BCUT2D eigenvalue weighted by atomic mass is 79.9. The lowest BCUT2D eigenvalue weighted by atomic mass is 10.0. The monoisotopic (exact) mass is 465 g/mol. The highest BCUT2D eigenvalue weighted by Crippen LogP contribution is 2.22. The number of carbonyl (C=O) groups excluding carboxylic acids is 2. The average Bonchev–Trinajstić information content (AvgIpc) is 2.66. The third-order valence-corrected chi connectivity index (χ3v) is 5.45. The number of anilines is 2. The molecule has 1 aliphatic heterocycles.